The molecule has 6 nitrogen and oxygen atoms in total. The van der Waals surface area contributed by atoms with Gasteiger partial charge in [0.25, 0.3) is 0 Å². The van der Waals surface area contributed by atoms with E-state index in [1.165, 1.54) is 0 Å². The molecule has 6 heteroatoms. The van der Waals surface area contributed by atoms with Crippen LogP contribution in [0, 0.1) is 0 Å². The zero-order valence-corrected chi connectivity index (χ0v) is 14.1. The smallest absolute Gasteiger partial charge is 0.244 e. The highest BCUT2D eigenvalue weighted by molar-refractivity contribution is 5.94. The fraction of sp³-hybridized carbons (Fsp3) is 0.529. The van der Waals surface area contributed by atoms with E-state index >= 15 is 0 Å². The molecule has 1 aliphatic rings. The molecule has 23 heavy (non-hydrogen) atoms. The Bertz CT molecular complexity index is 542. The molecule has 0 bridgehead atoms. The van der Waals surface area contributed by atoms with E-state index in [1.54, 1.807) is 4.90 Å². The van der Waals surface area contributed by atoms with Gasteiger partial charge in [-0.1, -0.05) is 13.3 Å². The van der Waals surface area contributed by atoms with Crippen molar-refractivity contribution in [3.8, 4) is 0 Å². The number of hydrogen-bond acceptors (Lipinski definition) is 4. The largest absolute Gasteiger partial charge is 0.378 e. The maximum atomic E-state index is 12.1. The minimum atomic E-state index is -0.174. The standard InChI is InChI=1S/C17H26N4O2/c1-4-5-14-10-17(23)21(12-18-14)11-16(22)19-13-6-8-15(9-7-13)20(2)3/h6-9,14,18H,4-5,10-12H2,1-3H3,(H,19,22). The van der Waals surface area contributed by atoms with Crippen LogP contribution < -0.4 is 15.5 Å². The first-order valence-electron chi connectivity index (χ1n) is 8.08. The highest BCUT2D eigenvalue weighted by atomic mass is 16.2. The molecule has 2 amide bonds. The van der Waals surface area contributed by atoms with E-state index in [-0.39, 0.29) is 24.4 Å². The second kappa shape index (κ2) is 7.97. The van der Waals surface area contributed by atoms with Crippen LogP contribution in [-0.4, -0.2) is 50.1 Å². The van der Waals surface area contributed by atoms with Crippen molar-refractivity contribution in [1.29, 1.82) is 0 Å². The summed E-state index contributed by atoms with van der Waals surface area (Å²) in [6, 6.07) is 7.85. The third-order valence-electron chi connectivity index (χ3n) is 3.98. The summed E-state index contributed by atoms with van der Waals surface area (Å²) in [4.78, 5) is 27.8. The molecule has 0 aliphatic carbocycles. The van der Waals surface area contributed by atoms with Gasteiger partial charge in [-0.25, -0.2) is 0 Å². The molecular formula is C17H26N4O2. The predicted molar refractivity (Wildman–Crippen MR) is 92.4 cm³/mol. The number of amides is 2. The Morgan fingerprint density at radius 2 is 2.04 bits per heavy atom. The molecule has 2 N–H and O–H groups in total. The lowest BCUT2D eigenvalue weighted by Crippen LogP contribution is -2.52. The first kappa shape index (κ1) is 17.3. The maximum absolute atomic E-state index is 12.1. The van der Waals surface area contributed by atoms with Gasteiger partial charge in [-0.15, -0.1) is 0 Å². The highest BCUT2D eigenvalue weighted by Crippen LogP contribution is 2.16. The van der Waals surface area contributed by atoms with Crippen molar-refractivity contribution in [2.45, 2.75) is 32.2 Å². The molecule has 0 aromatic heterocycles. The Hall–Kier alpha value is -2.08. The average molecular weight is 318 g/mol. The Kier molecular flexibility index (Phi) is 5.98. The fourth-order valence-corrected chi connectivity index (χ4v) is 2.65. The van der Waals surface area contributed by atoms with Crippen molar-refractivity contribution < 1.29 is 9.59 Å². The predicted octanol–water partition coefficient (Wildman–Crippen LogP) is 1.64. The van der Waals surface area contributed by atoms with Gasteiger partial charge < -0.3 is 15.1 Å². The third kappa shape index (κ3) is 4.96. The number of carbonyl (C=O) groups excluding carboxylic acids is 2. The summed E-state index contributed by atoms with van der Waals surface area (Å²) in [6.07, 6.45) is 2.51. The van der Waals surface area contributed by atoms with Gasteiger partial charge in [-0.3, -0.25) is 14.9 Å². The summed E-state index contributed by atoms with van der Waals surface area (Å²) >= 11 is 0. The molecular weight excluding hydrogens is 292 g/mol. The quantitative estimate of drug-likeness (QED) is 0.837. The second-order valence-corrected chi connectivity index (χ2v) is 6.13. The van der Waals surface area contributed by atoms with E-state index in [2.05, 4.69) is 17.6 Å². The van der Waals surface area contributed by atoms with Crippen molar-refractivity contribution in [2.75, 3.05) is 37.5 Å². The van der Waals surface area contributed by atoms with Crippen LogP contribution in [0.15, 0.2) is 24.3 Å². The zero-order chi connectivity index (χ0) is 16.8. The maximum Gasteiger partial charge on any atom is 0.244 e. The molecule has 1 unspecified atom stereocenters. The highest BCUT2D eigenvalue weighted by Gasteiger charge is 2.25. The van der Waals surface area contributed by atoms with Crippen molar-refractivity contribution in [3.63, 3.8) is 0 Å². The van der Waals surface area contributed by atoms with E-state index < -0.39 is 0 Å². The van der Waals surface area contributed by atoms with E-state index in [4.69, 9.17) is 0 Å². The zero-order valence-electron chi connectivity index (χ0n) is 14.1. The number of hydrogen-bond donors (Lipinski definition) is 2. The van der Waals surface area contributed by atoms with Crippen molar-refractivity contribution in [3.05, 3.63) is 24.3 Å². The third-order valence-corrected chi connectivity index (χ3v) is 3.98. The van der Waals surface area contributed by atoms with Gasteiger partial charge in [0.2, 0.25) is 11.8 Å². The SMILES string of the molecule is CCCC1CC(=O)N(CC(=O)Nc2ccc(N(C)C)cc2)CN1. The first-order valence-corrected chi connectivity index (χ1v) is 8.08. The molecule has 0 spiro atoms. The number of nitrogens with one attached hydrogen (secondary N) is 2. The molecule has 1 saturated heterocycles. The summed E-state index contributed by atoms with van der Waals surface area (Å²) in [6.45, 7) is 2.63. The van der Waals surface area contributed by atoms with Gasteiger partial charge in [-0.05, 0) is 30.7 Å². The number of carbonyl (C=O) groups is 2. The van der Waals surface area contributed by atoms with E-state index in [0.29, 0.717) is 13.1 Å². The van der Waals surface area contributed by atoms with E-state index in [0.717, 1.165) is 24.2 Å². The van der Waals surface area contributed by atoms with Gasteiger partial charge >= 0.3 is 0 Å². The number of nitrogens with zero attached hydrogens (tertiary/aromatic N) is 2. The van der Waals surface area contributed by atoms with Gasteiger partial charge in [0.05, 0.1) is 6.67 Å². The number of rotatable bonds is 6. The van der Waals surface area contributed by atoms with Gasteiger partial charge in [0.15, 0.2) is 0 Å². The molecule has 1 aliphatic heterocycles. The van der Waals surface area contributed by atoms with Crippen molar-refractivity contribution in [2.24, 2.45) is 0 Å². The Morgan fingerprint density at radius 1 is 1.35 bits per heavy atom. The van der Waals surface area contributed by atoms with E-state index in [1.807, 2.05) is 43.3 Å². The first-order chi connectivity index (χ1) is 11.0. The molecule has 1 atom stereocenters. The van der Waals surface area contributed by atoms with Gasteiger partial charge in [-0.2, -0.15) is 0 Å². The van der Waals surface area contributed by atoms with Crippen LogP contribution >= 0.6 is 0 Å². The van der Waals surface area contributed by atoms with Crippen LogP contribution in [0.25, 0.3) is 0 Å². The van der Waals surface area contributed by atoms with Crippen LogP contribution in [0.1, 0.15) is 26.2 Å². The Morgan fingerprint density at radius 3 is 2.61 bits per heavy atom. The molecule has 1 fully saturated rings. The summed E-state index contributed by atoms with van der Waals surface area (Å²) in [5, 5.41) is 6.14. The molecule has 126 valence electrons. The van der Waals surface area contributed by atoms with Gasteiger partial charge in [0, 0.05) is 37.9 Å². The molecule has 2 rings (SSSR count). The summed E-state index contributed by atoms with van der Waals surface area (Å²) < 4.78 is 0. The molecule has 1 aromatic carbocycles. The monoisotopic (exact) mass is 318 g/mol. The van der Waals surface area contributed by atoms with Crippen LogP contribution in [0.3, 0.4) is 0 Å². The summed E-state index contributed by atoms with van der Waals surface area (Å²) in [5.41, 5.74) is 1.81. The lowest BCUT2D eigenvalue weighted by atomic mass is 10.1. The van der Waals surface area contributed by atoms with Gasteiger partial charge in [0.1, 0.15) is 6.54 Å². The Balaban J connectivity index is 1.84. The van der Waals surface area contributed by atoms with E-state index in [9.17, 15) is 9.59 Å². The minimum Gasteiger partial charge on any atom is -0.378 e. The number of benzene rings is 1. The molecule has 1 aromatic rings. The molecule has 0 radical (unpaired) electrons. The lowest BCUT2D eigenvalue weighted by molar-refractivity contribution is -0.138. The van der Waals surface area contributed by atoms with Crippen LogP contribution in [0.2, 0.25) is 0 Å². The van der Waals surface area contributed by atoms with Crippen LogP contribution in [-0.2, 0) is 9.59 Å². The summed E-state index contributed by atoms with van der Waals surface area (Å²) in [5.74, 6) is -0.132. The van der Waals surface area contributed by atoms with Crippen LogP contribution in [0.5, 0.6) is 0 Å². The minimum absolute atomic E-state index is 0.0419. The molecule has 1 heterocycles. The average Bonchev–Trinajstić information content (AvgIpc) is 2.51. The molecule has 0 saturated carbocycles. The van der Waals surface area contributed by atoms with Crippen molar-refractivity contribution in [1.82, 2.24) is 10.2 Å². The van der Waals surface area contributed by atoms with Crippen LogP contribution in [0.4, 0.5) is 11.4 Å². The second-order valence-electron chi connectivity index (χ2n) is 6.13. The Labute approximate surface area is 137 Å². The lowest BCUT2D eigenvalue weighted by Gasteiger charge is -2.32. The topological polar surface area (TPSA) is 64.7 Å². The normalized spacial score (nSPS) is 18.0. The summed E-state index contributed by atoms with van der Waals surface area (Å²) in [7, 11) is 3.93. The van der Waals surface area contributed by atoms with Crippen molar-refractivity contribution >= 4 is 23.2 Å². The number of anilines is 2. The fourth-order valence-electron chi connectivity index (χ4n) is 2.65.